The molecular formula is C15H25IN4O. The Balaban J connectivity index is 0.00000400. The Morgan fingerprint density at radius 1 is 1.14 bits per heavy atom. The van der Waals surface area contributed by atoms with Gasteiger partial charge in [-0.3, -0.25) is 9.79 Å². The molecule has 1 amide bonds. The van der Waals surface area contributed by atoms with Crippen LogP contribution in [0.1, 0.15) is 26.2 Å². The van der Waals surface area contributed by atoms with Crippen molar-refractivity contribution in [2.75, 3.05) is 25.5 Å². The van der Waals surface area contributed by atoms with E-state index in [-0.39, 0.29) is 36.4 Å². The van der Waals surface area contributed by atoms with E-state index in [1.165, 1.54) is 12.8 Å². The Bertz CT molecular complexity index is 423. The van der Waals surface area contributed by atoms with Crippen molar-refractivity contribution in [3.05, 3.63) is 30.3 Å². The zero-order chi connectivity index (χ0) is 14.6. The number of anilines is 1. The van der Waals surface area contributed by atoms with Gasteiger partial charge in [0.05, 0.1) is 6.54 Å². The lowest BCUT2D eigenvalue weighted by atomic mass is 10.2. The van der Waals surface area contributed by atoms with Crippen LogP contribution in [0.15, 0.2) is 35.3 Å². The number of hydrogen-bond acceptors (Lipinski definition) is 2. The minimum atomic E-state index is -0.0901. The first kappa shape index (κ1) is 19.7. The number of aliphatic imine (C=N–C) groups is 1. The molecule has 1 aromatic carbocycles. The summed E-state index contributed by atoms with van der Waals surface area (Å²) in [4.78, 5) is 15.8. The Hall–Kier alpha value is -1.31. The van der Waals surface area contributed by atoms with Gasteiger partial charge in [-0.25, -0.2) is 0 Å². The second-order valence-electron chi connectivity index (χ2n) is 4.47. The van der Waals surface area contributed by atoms with Crippen LogP contribution < -0.4 is 16.0 Å². The summed E-state index contributed by atoms with van der Waals surface area (Å²) in [6.07, 6.45) is 3.49. The third-order valence-corrected chi connectivity index (χ3v) is 2.77. The van der Waals surface area contributed by atoms with Crippen LogP contribution in [0.25, 0.3) is 0 Å². The summed E-state index contributed by atoms with van der Waals surface area (Å²) in [7, 11) is 1.70. The highest BCUT2D eigenvalue weighted by Gasteiger charge is 2.03. The molecular weight excluding hydrogens is 379 g/mol. The molecule has 0 heterocycles. The Labute approximate surface area is 144 Å². The largest absolute Gasteiger partial charge is 0.356 e. The molecule has 0 spiro atoms. The number of benzene rings is 1. The first-order chi connectivity index (χ1) is 9.76. The van der Waals surface area contributed by atoms with Crippen molar-refractivity contribution >= 4 is 41.5 Å². The fraction of sp³-hybridized carbons (Fsp3) is 0.467. The maximum atomic E-state index is 11.8. The number of carbonyl (C=O) groups is 1. The van der Waals surface area contributed by atoms with Crippen LogP contribution in [0.4, 0.5) is 5.69 Å². The summed E-state index contributed by atoms with van der Waals surface area (Å²) in [5.41, 5.74) is 0.796. The summed E-state index contributed by atoms with van der Waals surface area (Å²) in [5, 5.41) is 8.99. The van der Waals surface area contributed by atoms with Crippen molar-refractivity contribution in [2.24, 2.45) is 4.99 Å². The van der Waals surface area contributed by atoms with Crippen molar-refractivity contribution in [2.45, 2.75) is 26.2 Å². The summed E-state index contributed by atoms with van der Waals surface area (Å²) in [6.45, 7) is 3.23. The van der Waals surface area contributed by atoms with Crippen LogP contribution in [0.5, 0.6) is 0 Å². The predicted molar refractivity (Wildman–Crippen MR) is 99.4 cm³/mol. The molecule has 1 rings (SSSR count). The number of nitrogens with zero attached hydrogens (tertiary/aromatic N) is 1. The van der Waals surface area contributed by atoms with Gasteiger partial charge in [0.2, 0.25) is 5.91 Å². The average Bonchev–Trinajstić information content (AvgIpc) is 2.47. The lowest BCUT2D eigenvalue weighted by molar-refractivity contribution is -0.115. The summed E-state index contributed by atoms with van der Waals surface area (Å²) < 4.78 is 0. The Morgan fingerprint density at radius 3 is 2.48 bits per heavy atom. The molecule has 0 atom stereocenters. The predicted octanol–water partition coefficient (Wildman–Crippen LogP) is 2.60. The number of guanidine groups is 1. The summed E-state index contributed by atoms with van der Waals surface area (Å²) in [6, 6.07) is 9.40. The molecule has 0 saturated heterocycles. The molecule has 0 aromatic heterocycles. The molecule has 0 aliphatic heterocycles. The molecule has 5 nitrogen and oxygen atoms in total. The first-order valence-electron chi connectivity index (χ1n) is 7.05. The van der Waals surface area contributed by atoms with Gasteiger partial charge in [0.15, 0.2) is 5.96 Å². The van der Waals surface area contributed by atoms with E-state index in [0.29, 0.717) is 5.96 Å². The van der Waals surface area contributed by atoms with Crippen molar-refractivity contribution in [1.82, 2.24) is 10.6 Å². The third-order valence-electron chi connectivity index (χ3n) is 2.77. The summed E-state index contributed by atoms with van der Waals surface area (Å²) in [5.74, 6) is 0.567. The average molecular weight is 404 g/mol. The molecule has 118 valence electrons. The molecule has 3 N–H and O–H groups in total. The van der Waals surface area contributed by atoms with Gasteiger partial charge < -0.3 is 16.0 Å². The van der Waals surface area contributed by atoms with Gasteiger partial charge in [0.25, 0.3) is 0 Å². The number of rotatable bonds is 7. The second-order valence-corrected chi connectivity index (χ2v) is 4.47. The van der Waals surface area contributed by atoms with Crippen molar-refractivity contribution in [1.29, 1.82) is 0 Å². The monoisotopic (exact) mass is 404 g/mol. The highest BCUT2D eigenvalue weighted by Crippen LogP contribution is 2.03. The summed E-state index contributed by atoms with van der Waals surface area (Å²) >= 11 is 0. The van der Waals surface area contributed by atoms with E-state index in [4.69, 9.17) is 0 Å². The smallest absolute Gasteiger partial charge is 0.243 e. The van der Waals surface area contributed by atoms with Gasteiger partial charge in [-0.15, -0.1) is 24.0 Å². The topological polar surface area (TPSA) is 65.5 Å². The lowest BCUT2D eigenvalue weighted by Crippen LogP contribution is -2.41. The second kappa shape index (κ2) is 12.4. The standard InChI is InChI=1S/C15H24N4O.HI/c1-3-4-8-11-17-15(16-2)18-12-14(20)19-13-9-6-5-7-10-13;/h5-7,9-10H,3-4,8,11-12H2,1-2H3,(H,19,20)(H2,16,17,18);1H. The first-order valence-corrected chi connectivity index (χ1v) is 7.05. The molecule has 0 aliphatic rings. The van der Waals surface area contributed by atoms with Gasteiger partial charge in [-0.2, -0.15) is 0 Å². The normalized spacial score (nSPS) is 10.5. The molecule has 0 unspecified atom stereocenters. The zero-order valence-corrected chi connectivity index (χ0v) is 15.0. The van der Waals surface area contributed by atoms with Gasteiger partial charge >= 0.3 is 0 Å². The Kier molecular flexibility index (Phi) is 11.7. The number of carbonyl (C=O) groups excluding carboxylic acids is 1. The van der Waals surface area contributed by atoms with E-state index in [1.807, 2.05) is 30.3 Å². The van der Waals surface area contributed by atoms with Gasteiger partial charge in [0.1, 0.15) is 0 Å². The molecule has 6 heteroatoms. The van der Waals surface area contributed by atoms with Gasteiger partial charge in [-0.05, 0) is 18.6 Å². The van der Waals surface area contributed by atoms with Gasteiger partial charge in [0, 0.05) is 19.3 Å². The SMILES string of the molecule is CCCCCNC(=NC)NCC(=O)Nc1ccccc1.I. The van der Waals surface area contributed by atoms with Crippen LogP contribution in [-0.2, 0) is 4.79 Å². The quantitative estimate of drug-likeness (QED) is 0.283. The molecule has 0 aliphatic carbocycles. The van der Waals surface area contributed by atoms with Crippen molar-refractivity contribution in [3.63, 3.8) is 0 Å². The highest BCUT2D eigenvalue weighted by molar-refractivity contribution is 14.0. The van der Waals surface area contributed by atoms with Crippen molar-refractivity contribution in [3.8, 4) is 0 Å². The molecule has 1 aromatic rings. The van der Waals surface area contributed by atoms with Crippen LogP contribution in [-0.4, -0.2) is 32.0 Å². The number of halogens is 1. The number of unbranched alkanes of at least 4 members (excludes halogenated alkanes) is 2. The maximum absolute atomic E-state index is 11.8. The van der Waals surface area contributed by atoms with Crippen LogP contribution in [0, 0.1) is 0 Å². The van der Waals surface area contributed by atoms with E-state index in [2.05, 4.69) is 27.9 Å². The maximum Gasteiger partial charge on any atom is 0.243 e. The van der Waals surface area contributed by atoms with E-state index < -0.39 is 0 Å². The molecule has 0 saturated carbocycles. The van der Waals surface area contributed by atoms with E-state index >= 15 is 0 Å². The van der Waals surface area contributed by atoms with E-state index in [9.17, 15) is 4.79 Å². The molecule has 0 bridgehead atoms. The minimum Gasteiger partial charge on any atom is -0.356 e. The fourth-order valence-corrected chi connectivity index (χ4v) is 1.69. The number of nitrogens with one attached hydrogen (secondary N) is 3. The lowest BCUT2D eigenvalue weighted by Gasteiger charge is -2.11. The highest BCUT2D eigenvalue weighted by atomic mass is 127. The minimum absolute atomic E-state index is 0. The zero-order valence-electron chi connectivity index (χ0n) is 12.7. The fourth-order valence-electron chi connectivity index (χ4n) is 1.69. The van der Waals surface area contributed by atoms with Crippen LogP contribution >= 0.6 is 24.0 Å². The molecule has 0 fully saturated rings. The third kappa shape index (κ3) is 9.28. The Morgan fingerprint density at radius 2 is 1.86 bits per heavy atom. The van der Waals surface area contributed by atoms with Crippen LogP contribution in [0.2, 0.25) is 0 Å². The molecule has 0 radical (unpaired) electrons. The van der Waals surface area contributed by atoms with E-state index in [0.717, 1.165) is 18.7 Å². The number of hydrogen-bond donors (Lipinski definition) is 3. The van der Waals surface area contributed by atoms with Gasteiger partial charge in [-0.1, -0.05) is 38.0 Å². The van der Waals surface area contributed by atoms with Crippen molar-refractivity contribution < 1.29 is 4.79 Å². The number of amides is 1. The van der Waals surface area contributed by atoms with E-state index in [1.54, 1.807) is 7.05 Å². The number of para-hydroxylation sites is 1. The van der Waals surface area contributed by atoms with Crippen LogP contribution in [0.3, 0.4) is 0 Å². The molecule has 21 heavy (non-hydrogen) atoms.